The zero-order valence-electron chi connectivity index (χ0n) is 14.7. The fraction of sp³-hybridized carbons (Fsp3) is 0.190. The predicted molar refractivity (Wildman–Crippen MR) is 110 cm³/mol. The third-order valence-electron chi connectivity index (χ3n) is 5.21. The molecule has 1 aliphatic rings. The lowest BCUT2D eigenvalue weighted by Crippen LogP contribution is -2.36. The summed E-state index contributed by atoms with van der Waals surface area (Å²) in [5, 5.41) is 16.4. The highest BCUT2D eigenvalue weighted by molar-refractivity contribution is 9.10. The fourth-order valence-corrected chi connectivity index (χ4v) is 4.35. The summed E-state index contributed by atoms with van der Waals surface area (Å²) in [5.74, 6) is 0. The molecule has 0 saturated heterocycles. The summed E-state index contributed by atoms with van der Waals surface area (Å²) in [6, 6.07) is 16.7. The van der Waals surface area contributed by atoms with Gasteiger partial charge in [-0.25, -0.2) is 0 Å². The second-order valence-electron chi connectivity index (χ2n) is 6.93. The first kappa shape index (κ1) is 16.3. The van der Waals surface area contributed by atoms with Crippen molar-refractivity contribution in [3.63, 3.8) is 0 Å². The van der Waals surface area contributed by atoms with Crippen molar-refractivity contribution in [3.05, 3.63) is 64.4 Å². The van der Waals surface area contributed by atoms with Gasteiger partial charge in [-0.1, -0.05) is 15.9 Å². The molecule has 2 aromatic heterocycles. The number of nitrogens with zero attached hydrogens (tertiary/aromatic N) is 5. The first-order valence-corrected chi connectivity index (χ1v) is 9.64. The molecule has 5 rings (SSSR count). The molecule has 6 heteroatoms. The summed E-state index contributed by atoms with van der Waals surface area (Å²) in [6.07, 6.45) is 1.74. The van der Waals surface area contributed by atoms with Gasteiger partial charge in [0.1, 0.15) is 6.07 Å². The number of hydrogen-bond acceptors (Lipinski definition) is 4. The van der Waals surface area contributed by atoms with Crippen molar-refractivity contribution in [3.8, 4) is 6.07 Å². The fourth-order valence-electron chi connectivity index (χ4n) is 4.00. The van der Waals surface area contributed by atoms with Gasteiger partial charge in [-0.05, 0) is 49.4 Å². The molecular weight excluding hydrogens is 402 g/mol. The Bertz CT molecular complexity index is 1240. The summed E-state index contributed by atoms with van der Waals surface area (Å²) < 4.78 is 3.19. The zero-order chi connectivity index (χ0) is 18.5. The van der Waals surface area contributed by atoms with Crippen LogP contribution in [0.4, 0.5) is 5.69 Å². The molecule has 1 aliphatic heterocycles. The van der Waals surface area contributed by atoms with Gasteiger partial charge in [0.25, 0.3) is 0 Å². The molecule has 0 radical (unpaired) electrons. The molecule has 4 aromatic rings. The van der Waals surface area contributed by atoms with E-state index in [1.165, 1.54) is 11.1 Å². The quantitative estimate of drug-likeness (QED) is 0.446. The smallest absolute Gasteiger partial charge is 0.101 e. The minimum atomic E-state index is 0.252. The van der Waals surface area contributed by atoms with E-state index in [1.807, 2.05) is 24.3 Å². The molecule has 0 spiro atoms. The van der Waals surface area contributed by atoms with Crippen molar-refractivity contribution in [1.82, 2.24) is 14.8 Å². The molecule has 0 fully saturated rings. The topological polar surface area (TPSA) is 57.7 Å². The predicted octanol–water partition coefficient (Wildman–Crippen LogP) is 4.80. The zero-order valence-corrected chi connectivity index (χ0v) is 16.3. The molecule has 27 heavy (non-hydrogen) atoms. The maximum absolute atomic E-state index is 9.40. The lowest BCUT2D eigenvalue weighted by Gasteiger charge is -2.34. The van der Waals surface area contributed by atoms with Crippen LogP contribution in [0.3, 0.4) is 0 Å². The van der Waals surface area contributed by atoms with Crippen molar-refractivity contribution in [2.45, 2.75) is 19.5 Å². The van der Waals surface area contributed by atoms with Crippen LogP contribution in [0.2, 0.25) is 0 Å². The van der Waals surface area contributed by atoms with Crippen LogP contribution in [0.1, 0.15) is 24.2 Å². The van der Waals surface area contributed by atoms with E-state index in [1.54, 1.807) is 6.20 Å². The third-order valence-corrected chi connectivity index (χ3v) is 5.71. The van der Waals surface area contributed by atoms with Crippen LogP contribution in [-0.4, -0.2) is 21.3 Å². The number of pyridine rings is 1. The van der Waals surface area contributed by atoms with E-state index in [2.05, 4.69) is 61.7 Å². The number of hydrogen-bond donors (Lipinski definition) is 0. The van der Waals surface area contributed by atoms with Gasteiger partial charge in [-0.3, -0.25) is 9.67 Å². The summed E-state index contributed by atoms with van der Waals surface area (Å²) in [4.78, 5) is 6.82. The van der Waals surface area contributed by atoms with Crippen molar-refractivity contribution >= 4 is 43.4 Å². The second-order valence-corrected chi connectivity index (χ2v) is 7.84. The largest absolute Gasteiger partial charge is 0.363 e. The maximum Gasteiger partial charge on any atom is 0.101 e. The average molecular weight is 418 g/mol. The Morgan fingerprint density at radius 2 is 2.07 bits per heavy atom. The monoisotopic (exact) mass is 417 g/mol. The molecule has 0 unspecified atom stereocenters. The van der Waals surface area contributed by atoms with Gasteiger partial charge >= 0.3 is 0 Å². The van der Waals surface area contributed by atoms with Crippen molar-refractivity contribution in [1.29, 1.82) is 5.26 Å². The van der Waals surface area contributed by atoms with E-state index < -0.39 is 0 Å². The number of aromatic nitrogens is 3. The van der Waals surface area contributed by atoms with Gasteiger partial charge in [0, 0.05) is 33.7 Å². The molecule has 5 nitrogen and oxygen atoms in total. The number of anilines is 1. The van der Waals surface area contributed by atoms with Crippen LogP contribution in [-0.2, 0) is 6.54 Å². The average Bonchev–Trinajstić information content (AvgIpc) is 3.05. The Balaban J connectivity index is 1.66. The van der Waals surface area contributed by atoms with Crippen molar-refractivity contribution in [2.24, 2.45) is 0 Å². The first-order chi connectivity index (χ1) is 13.2. The molecule has 0 aliphatic carbocycles. The minimum Gasteiger partial charge on any atom is -0.363 e. The maximum atomic E-state index is 9.40. The Morgan fingerprint density at radius 1 is 1.19 bits per heavy atom. The summed E-state index contributed by atoms with van der Waals surface area (Å²) in [5.41, 5.74) is 4.72. The Morgan fingerprint density at radius 3 is 2.93 bits per heavy atom. The third kappa shape index (κ3) is 2.50. The van der Waals surface area contributed by atoms with Gasteiger partial charge < -0.3 is 4.90 Å². The van der Waals surface area contributed by atoms with Crippen LogP contribution in [0.15, 0.2) is 53.1 Å². The molecule has 3 heterocycles. The second kappa shape index (κ2) is 6.07. The van der Waals surface area contributed by atoms with Gasteiger partial charge in [-0.2, -0.15) is 10.4 Å². The lowest BCUT2D eigenvalue weighted by molar-refractivity contribution is 0.430. The number of nitriles is 1. The van der Waals surface area contributed by atoms with Crippen LogP contribution in [0, 0.1) is 11.3 Å². The van der Waals surface area contributed by atoms with Crippen LogP contribution in [0.25, 0.3) is 21.8 Å². The summed E-state index contributed by atoms with van der Waals surface area (Å²) in [6.45, 7) is 3.83. The Kier molecular flexibility index (Phi) is 3.66. The van der Waals surface area contributed by atoms with Crippen molar-refractivity contribution < 1.29 is 0 Å². The van der Waals surface area contributed by atoms with Gasteiger partial charge in [0.2, 0.25) is 0 Å². The molecular formula is C21H16BrN5. The van der Waals surface area contributed by atoms with Crippen LogP contribution < -0.4 is 4.90 Å². The first-order valence-electron chi connectivity index (χ1n) is 8.85. The van der Waals surface area contributed by atoms with Gasteiger partial charge in [-0.15, -0.1) is 0 Å². The Hall–Kier alpha value is -2.91. The highest BCUT2D eigenvalue weighted by atomic mass is 79.9. The normalized spacial score (nSPS) is 16.5. The van der Waals surface area contributed by atoms with E-state index in [9.17, 15) is 5.26 Å². The molecule has 0 N–H and O–H groups in total. The number of benzene rings is 2. The molecule has 0 amide bonds. The van der Waals surface area contributed by atoms with Crippen molar-refractivity contribution in [2.75, 3.05) is 11.4 Å². The molecule has 0 bridgehead atoms. The highest BCUT2D eigenvalue weighted by Crippen LogP contribution is 2.35. The molecule has 0 saturated carbocycles. The van der Waals surface area contributed by atoms with Crippen LogP contribution in [0.5, 0.6) is 0 Å². The standard InChI is InChI=1S/C21H16BrN5/c1-13-11-26(12-20-16-6-5-15(22)9-18(16)25-27(13)20)19-7-4-14(10-23)21-17(19)3-2-8-24-21/h2-9,13H,11-12H2,1H3/t13-/m1/s1. The Labute approximate surface area is 165 Å². The number of halogens is 1. The molecule has 1 atom stereocenters. The van der Waals surface area contributed by atoms with E-state index in [4.69, 9.17) is 5.10 Å². The van der Waals surface area contributed by atoms with Gasteiger partial charge in [0.05, 0.1) is 34.9 Å². The number of rotatable bonds is 1. The lowest BCUT2D eigenvalue weighted by atomic mass is 10.1. The number of fused-ring (bicyclic) bond motifs is 4. The van der Waals surface area contributed by atoms with Crippen LogP contribution >= 0.6 is 15.9 Å². The summed E-state index contributed by atoms with van der Waals surface area (Å²) >= 11 is 3.54. The van der Waals surface area contributed by atoms with E-state index in [-0.39, 0.29) is 6.04 Å². The van der Waals surface area contributed by atoms with Gasteiger partial charge in [0.15, 0.2) is 0 Å². The summed E-state index contributed by atoms with van der Waals surface area (Å²) in [7, 11) is 0. The SMILES string of the molecule is C[C@@H]1CN(c2ccc(C#N)c3ncccc23)Cc2c3ccc(Br)cc3nn21. The van der Waals surface area contributed by atoms with E-state index in [0.29, 0.717) is 5.56 Å². The highest BCUT2D eigenvalue weighted by Gasteiger charge is 2.27. The minimum absolute atomic E-state index is 0.252. The molecule has 2 aromatic carbocycles. The van der Waals surface area contributed by atoms with E-state index in [0.717, 1.165) is 39.7 Å². The molecule has 132 valence electrons. The van der Waals surface area contributed by atoms with E-state index >= 15 is 0 Å².